The maximum Gasteiger partial charge on any atom is 0.253 e. The van der Waals surface area contributed by atoms with Crippen molar-refractivity contribution in [1.82, 2.24) is 10.6 Å². The number of rotatable bonds is 9. The molecule has 0 fully saturated rings. The first-order chi connectivity index (χ1) is 15.2. The summed E-state index contributed by atoms with van der Waals surface area (Å²) in [6, 6.07) is 16.8. The van der Waals surface area contributed by atoms with E-state index in [0.29, 0.717) is 35.8 Å². The van der Waals surface area contributed by atoms with Crippen molar-refractivity contribution in [3.63, 3.8) is 0 Å². The van der Waals surface area contributed by atoms with E-state index in [2.05, 4.69) is 16.0 Å². The van der Waals surface area contributed by atoms with E-state index in [1.54, 1.807) is 29.5 Å². The summed E-state index contributed by atoms with van der Waals surface area (Å²) in [6.07, 6.45) is 0.808. The van der Waals surface area contributed by atoms with Gasteiger partial charge in [0.15, 0.2) is 11.5 Å². The number of hydrogen-bond acceptors (Lipinski definition) is 6. The topological polar surface area (TPSA) is 88.7 Å². The van der Waals surface area contributed by atoms with E-state index in [-0.39, 0.29) is 25.2 Å². The third kappa shape index (κ3) is 5.55. The molecule has 0 radical (unpaired) electrons. The van der Waals surface area contributed by atoms with Gasteiger partial charge in [0.05, 0.1) is 12.1 Å². The number of ether oxygens (including phenoxy) is 2. The maximum atomic E-state index is 12.7. The number of anilines is 1. The molecule has 0 atom stereocenters. The van der Waals surface area contributed by atoms with Crippen molar-refractivity contribution in [1.29, 1.82) is 0 Å². The van der Waals surface area contributed by atoms with Crippen molar-refractivity contribution >= 4 is 28.8 Å². The lowest BCUT2D eigenvalue weighted by Gasteiger charge is -2.12. The lowest BCUT2D eigenvalue weighted by Crippen LogP contribution is -2.32. The van der Waals surface area contributed by atoms with Crippen LogP contribution >= 0.6 is 11.3 Å². The number of para-hydroxylation sites is 1. The smallest absolute Gasteiger partial charge is 0.253 e. The fraction of sp³-hybridized carbons (Fsp3) is 0.217. The minimum atomic E-state index is -0.223. The van der Waals surface area contributed by atoms with Gasteiger partial charge in [-0.3, -0.25) is 9.59 Å². The number of amides is 2. The number of fused-ring (bicyclic) bond motifs is 1. The van der Waals surface area contributed by atoms with Crippen molar-refractivity contribution in [3.8, 4) is 11.5 Å². The zero-order valence-electron chi connectivity index (χ0n) is 16.9. The van der Waals surface area contributed by atoms with Crippen LogP contribution in [0.25, 0.3) is 0 Å². The predicted octanol–water partition coefficient (Wildman–Crippen LogP) is 3.18. The van der Waals surface area contributed by atoms with E-state index >= 15 is 0 Å². The average Bonchev–Trinajstić information content (AvgIpc) is 3.48. The molecule has 0 bridgehead atoms. The summed E-state index contributed by atoms with van der Waals surface area (Å²) in [4.78, 5) is 26.1. The number of carbonyl (C=O) groups is 2. The molecule has 3 N–H and O–H groups in total. The number of benzene rings is 2. The normalized spacial score (nSPS) is 11.7. The molecular formula is C23H23N3O4S. The van der Waals surface area contributed by atoms with Gasteiger partial charge in [-0.2, -0.15) is 0 Å². The first kappa shape index (κ1) is 20.7. The standard InChI is InChI=1S/C23H23N3O4S/c27-22(24-10-9-17-4-3-11-31-17)14-25-19-6-2-1-5-18(19)23(28)26-13-16-7-8-20-21(12-16)30-15-29-20/h1-8,11-12,25H,9-10,13-15H2,(H,24,27)(H,26,28). The summed E-state index contributed by atoms with van der Waals surface area (Å²) in [5.41, 5.74) is 2.00. The lowest BCUT2D eigenvalue weighted by molar-refractivity contribution is -0.119. The Labute approximate surface area is 184 Å². The predicted molar refractivity (Wildman–Crippen MR) is 120 cm³/mol. The minimum Gasteiger partial charge on any atom is -0.454 e. The minimum absolute atomic E-state index is 0.0941. The fourth-order valence-corrected chi connectivity index (χ4v) is 3.89. The van der Waals surface area contributed by atoms with Gasteiger partial charge in [-0.15, -0.1) is 11.3 Å². The van der Waals surface area contributed by atoms with Crippen LogP contribution in [0.1, 0.15) is 20.8 Å². The Kier molecular flexibility index (Phi) is 6.68. The van der Waals surface area contributed by atoms with Gasteiger partial charge in [0.1, 0.15) is 0 Å². The quantitative estimate of drug-likeness (QED) is 0.479. The van der Waals surface area contributed by atoms with Crippen molar-refractivity contribution in [2.75, 3.05) is 25.2 Å². The SMILES string of the molecule is O=C(CNc1ccccc1C(=O)NCc1ccc2c(c1)OCO2)NCCc1cccs1. The van der Waals surface area contributed by atoms with Gasteiger partial charge in [0.25, 0.3) is 5.91 Å². The van der Waals surface area contributed by atoms with E-state index in [0.717, 1.165) is 12.0 Å². The molecule has 2 aromatic carbocycles. The van der Waals surface area contributed by atoms with Gasteiger partial charge in [0.2, 0.25) is 12.7 Å². The monoisotopic (exact) mass is 437 g/mol. The van der Waals surface area contributed by atoms with E-state index < -0.39 is 0 Å². The van der Waals surface area contributed by atoms with E-state index in [1.807, 2.05) is 41.8 Å². The number of hydrogen-bond donors (Lipinski definition) is 3. The third-order valence-corrected chi connectivity index (χ3v) is 5.71. The van der Waals surface area contributed by atoms with Crippen LogP contribution in [-0.2, 0) is 17.8 Å². The summed E-state index contributed by atoms with van der Waals surface area (Å²) in [5.74, 6) is 1.04. The molecule has 8 heteroatoms. The molecular weight excluding hydrogens is 414 g/mol. The zero-order valence-corrected chi connectivity index (χ0v) is 17.7. The summed E-state index contributed by atoms with van der Waals surface area (Å²) in [6.45, 7) is 1.24. The molecule has 1 aliphatic rings. The first-order valence-corrected chi connectivity index (χ1v) is 10.9. The summed E-state index contributed by atoms with van der Waals surface area (Å²) < 4.78 is 10.7. The van der Waals surface area contributed by atoms with E-state index in [1.165, 1.54) is 4.88 Å². The molecule has 0 aliphatic carbocycles. The molecule has 0 saturated heterocycles. The van der Waals surface area contributed by atoms with Gasteiger partial charge in [-0.1, -0.05) is 24.3 Å². The maximum absolute atomic E-state index is 12.7. The Morgan fingerprint density at radius 3 is 2.71 bits per heavy atom. The van der Waals surface area contributed by atoms with Crippen LogP contribution in [0.4, 0.5) is 5.69 Å². The molecule has 2 heterocycles. The van der Waals surface area contributed by atoms with Crippen LogP contribution in [0, 0.1) is 0 Å². The van der Waals surface area contributed by atoms with Crippen LogP contribution in [0.15, 0.2) is 60.0 Å². The highest BCUT2D eigenvalue weighted by molar-refractivity contribution is 7.09. The Morgan fingerprint density at radius 1 is 0.968 bits per heavy atom. The molecule has 1 aromatic heterocycles. The highest BCUT2D eigenvalue weighted by atomic mass is 32.1. The highest BCUT2D eigenvalue weighted by Crippen LogP contribution is 2.32. The molecule has 7 nitrogen and oxygen atoms in total. The summed E-state index contributed by atoms with van der Waals surface area (Å²) in [5, 5.41) is 10.9. The molecule has 31 heavy (non-hydrogen) atoms. The second-order valence-electron chi connectivity index (χ2n) is 6.95. The molecule has 0 unspecified atom stereocenters. The highest BCUT2D eigenvalue weighted by Gasteiger charge is 2.15. The van der Waals surface area contributed by atoms with Crippen LogP contribution in [0.3, 0.4) is 0 Å². The molecule has 4 rings (SSSR count). The van der Waals surface area contributed by atoms with Gasteiger partial charge < -0.3 is 25.4 Å². The second kappa shape index (κ2) is 9.99. The van der Waals surface area contributed by atoms with E-state index in [4.69, 9.17) is 9.47 Å². The zero-order chi connectivity index (χ0) is 21.5. The van der Waals surface area contributed by atoms with Crippen LogP contribution in [0.2, 0.25) is 0 Å². The van der Waals surface area contributed by atoms with Crippen molar-refractivity contribution < 1.29 is 19.1 Å². The lowest BCUT2D eigenvalue weighted by atomic mass is 10.1. The molecule has 0 spiro atoms. The Balaban J connectivity index is 1.28. The summed E-state index contributed by atoms with van der Waals surface area (Å²) in [7, 11) is 0. The van der Waals surface area contributed by atoms with Crippen LogP contribution < -0.4 is 25.4 Å². The van der Waals surface area contributed by atoms with Crippen molar-refractivity contribution in [2.24, 2.45) is 0 Å². The molecule has 1 aliphatic heterocycles. The average molecular weight is 438 g/mol. The van der Waals surface area contributed by atoms with Gasteiger partial charge in [-0.05, 0) is 47.7 Å². The van der Waals surface area contributed by atoms with Gasteiger partial charge in [0, 0.05) is 23.7 Å². The van der Waals surface area contributed by atoms with Gasteiger partial charge in [-0.25, -0.2) is 0 Å². The largest absolute Gasteiger partial charge is 0.454 e. The Hall–Kier alpha value is -3.52. The molecule has 160 valence electrons. The van der Waals surface area contributed by atoms with Crippen molar-refractivity contribution in [2.45, 2.75) is 13.0 Å². The molecule has 3 aromatic rings. The number of nitrogens with one attached hydrogen (secondary N) is 3. The van der Waals surface area contributed by atoms with Crippen LogP contribution in [-0.4, -0.2) is 31.7 Å². The molecule has 0 saturated carbocycles. The first-order valence-electron chi connectivity index (χ1n) is 9.98. The number of carbonyl (C=O) groups excluding carboxylic acids is 2. The summed E-state index contributed by atoms with van der Waals surface area (Å²) >= 11 is 1.67. The molecule has 2 amide bonds. The Morgan fingerprint density at radius 2 is 1.84 bits per heavy atom. The second-order valence-corrected chi connectivity index (χ2v) is 7.98. The van der Waals surface area contributed by atoms with Crippen LogP contribution in [0.5, 0.6) is 11.5 Å². The Bertz CT molecular complexity index is 1050. The van der Waals surface area contributed by atoms with Gasteiger partial charge >= 0.3 is 0 Å². The number of thiophene rings is 1. The third-order valence-electron chi connectivity index (χ3n) is 4.77. The fourth-order valence-electron chi connectivity index (χ4n) is 3.18. The van der Waals surface area contributed by atoms with Crippen molar-refractivity contribution in [3.05, 3.63) is 76.0 Å². The van der Waals surface area contributed by atoms with E-state index in [9.17, 15) is 9.59 Å².